The van der Waals surface area contributed by atoms with E-state index in [2.05, 4.69) is 20.5 Å². The van der Waals surface area contributed by atoms with Crippen molar-refractivity contribution in [1.82, 2.24) is 24.9 Å². The van der Waals surface area contributed by atoms with Crippen LogP contribution in [0, 0.1) is 6.92 Å². The molecule has 0 saturated carbocycles. The van der Waals surface area contributed by atoms with Gasteiger partial charge in [-0.25, -0.2) is 0 Å². The first-order chi connectivity index (χ1) is 10.6. The van der Waals surface area contributed by atoms with Gasteiger partial charge in [0.25, 0.3) is 5.56 Å². The van der Waals surface area contributed by atoms with Crippen LogP contribution in [0.3, 0.4) is 0 Å². The van der Waals surface area contributed by atoms with Gasteiger partial charge in [-0.2, -0.15) is 0 Å². The van der Waals surface area contributed by atoms with Crippen molar-refractivity contribution in [1.29, 1.82) is 0 Å². The molecule has 22 heavy (non-hydrogen) atoms. The van der Waals surface area contributed by atoms with E-state index in [1.54, 1.807) is 10.6 Å². The Morgan fingerprint density at radius 3 is 2.95 bits per heavy atom. The van der Waals surface area contributed by atoms with Crippen molar-refractivity contribution in [3.63, 3.8) is 0 Å². The number of H-pyrrole nitrogens is 1. The minimum Gasteiger partial charge on any atom is -0.348 e. The van der Waals surface area contributed by atoms with Crippen LogP contribution in [0.2, 0.25) is 0 Å². The molecule has 0 radical (unpaired) electrons. The summed E-state index contributed by atoms with van der Waals surface area (Å²) in [7, 11) is 0. The predicted octanol–water partition coefficient (Wildman–Crippen LogP) is 0.585. The van der Waals surface area contributed by atoms with Crippen molar-refractivity contribution in [2.24, 2.45) is 0 Å². The minimum absolute atomic E-state index is 0.101. The number of aromatic amines is 1. The molecular formula is C15H15N5O2. The van der Waals surface area contributed by atoms with Crippen molar-refractivity contribution >= 4 is 11.6 Å². The standard InChI is InChI=1S/C15H15N5O2/c1-10-4-2-3-5-11(10)8-13(21)17-9-12-18-19-14-15(22)16-6-7-20(12)14/h2-7H,8-9H2,1H3,(H,16,22)(H,17,21). The highest BCUT2D eigenvalue weighted by atomic mass is 16.1. The number of hydrogen-bond donors (Lipinski definition) is 2. The first-order valence-electron chi connectivity index (χ1n) is 6.87. The van der Waals surface area contributed by atoms with Gasteiger partial charge < -0.3 is 10.3 Å². The number of rotatable bonds is 4. The third-order valence-corrected chi connectivity index (χ3v) is 3.46. The molecule has 7 heteroatoms. The van der Waals surface area contributed by atoms with Gasteiger partial charge in [-0.05, 0) is 18.1 Å². The van der Waals surface area contributed by atoms with Gasteiger partial charge in [-0.3, -0.25) is 14.0 Å². The number of amides is 1. The first-order valence-corrected chi connectivity index (χ1v) is 6.87. The molecule has 0 atom stereocenters. The molecule has 7 nitrogen and oxygen atoms in total. The summed E-state index contributed by atoms with van der Waals surface area (Å²) >= 11 is 0. The molecule has 0 spiro atoms. The van der Waals surface area contributed by atoms with Gasteiger partial charge in [0.05, 0.1) is 13.0 Å². The van der Waals surface area contributed by atoms with Crippen LogP contribution in [0.15, 0.2) is 41.5 Å². The fourth-order valence-corrected chi connectivity index (χ4v) is 2.23. The molecule has 1 aromatic carbocycles. The molecule has 3 aromatic rings. The summed E-state index contributed by atoms with van der Waals surface area (Å²) in [6, 6.07) is 7.76. The highest BCUT2D eigenvalue weighted by Gasteiger charge is 2.10. The maximum atomic E-state index is 12.0. The van der Waals surface area contributed by atoms with Crippen LogP contribution in [-0.4, -0.2) is 25.5 Å². The van der Waals surface area contributed by atoms with E-state index in [-0.39, 0.29) is 23.7 Å². The lowest BCUT2D eigenvalue weighted by Crippen LogP contribution is -2.26. The summed E-state index contributed by atoms with van der Waals surface area (Å²) in [6.07, 6.45) is 3.47. The summed E-state index contributed by atoms with van der Waals surface area (Å²) in [5, 5.41) is 10.5. The topological polar surface area (TPSA) is 92.2 Å². The van der Waals surface area contributed by atoms with Crippen molar-refractivity contribution in [3.8, 4) is 0 Å². The predicted molar refractivity (Wildman–Crippen MR) is 80.3 cm³/mol. The summed E-state index contributed by atoms with van der Waals surface area (Å²) < 4.78 is 1.56. The summed E-state index contributed by atoms with van der Waals surface area (Å²) in [4.78, 5) is 26.1. The Bertz CT molecular complexity index is 881. The van der Waals surface area contributed by atoms with E-state index in [0.29, 0.717) is 12.2 Å². The number of carbonyl (C=O) groups is 1. The molecule has 0 aliphatic rings. The molecule has 3 rings (SSSR count). The van der Waals surface area contributed by atoms with Crippen molar-refractivity contribution in [2.45, 2.75) is 19.9 Å². The number of aromatic nitrogens is 4. The molecular weight excluding hydrogens is 282 g/mol. The number of aryl methyl sites for hydroxylation is 1. The maximum absolute atomic E-state index is 12.0. The van der Waals surface area contributed by atoms with Crippen LogP contribution in [0.5, 0.6) is 0 Å². The molecule has 0 aliphatic carbocycles. The molecule has 2 heterocycles. The molecule has 1 amide bonds. The number of nitrogens with one attached hydrogen (secondary N) is 2. The number of carbonyl (C=O) groups excluding carboxylic acids is 1. The average molecular weight is 297 g/mol. The minimum atomic E-state index is -0.313. The van der Waals surface area contributed by atoms with Gasteiger partial charge >= 0.3 is 0 Å². The van der Waals surface area contributed by atoms with Gasteiger partial charge in [-0.1, -0.05) is 24.3 Å². The lowest BCUT2D eigenvalue weighted by molar-refractivity contribution is -0.120. The highest BCUT2D eigenvalue weighted by Crippen LogP contribution is 2.07. The number of benzene rings is 1. The van der Waals surface area contributed by atoms with Gasteiger partial charge in [0.2, 0.25) is 11.6 Å². The quantitative estimate of drug-likeness (QED) is 0.737. The second-order valence-corrected chi connectivity index (χ2v) is 4.98. The van der Waals surface area contributed by atoms with Crippen LogP contribution in [-0.2, 0) is 17.8 Å². The van der Waals surface area contributed by atoms with E-state index in [9.17, 15) is 9.59 Å². The number of nitrogens with zero attached hydrogens (tertiary/aromatic N) is 3. The van der Waals surface area contributed by atoms with Crippen molar-refractivity contribution in [3.05, 3.63) is 64.0 Å². The fourth-order valence-electron chi connectivity index (χ4n) is 2.23. The average Bonchev–Trinajstić information content (AvgIpc) is 2.92. The Hall–Kier alpha value is -2.96. The van der Waals surface area contributed by atoms with E-state index >= 15 is 0 Å². The second-order valence-electron chi connectivity index (χ2n) is 4.98. The first kappa shape index (κ1) is 14.0. The van der Waals surface area contributed by atoms with Crippen LogP contribution in [0.25, 0.3) is 5.65 Å². The van der Waals surface area contributed by atoms with E-state index < -0.39 is 0 Å². The Kier molecular flexibility index (Phi) is 3.69. The smallest absolute Gasteiger partial charge is 0.293 e. The molecule has 0 unspecified atom stereocenters. The Morgan fingerprint density at radius 2 is 2.14 bits per heavy atom. The monoisotopic (exact) mass is 297 g/mol. The fraction of sp³-hybridized carbons (Fsp3) is 0.200. The zero-order chi connectivity index (χ0) is 15.5. The molecule has 0 saturated heterocycles. The number of fused-ring (bicyclic) bond motifs is 1. The Balaban J connectivity index is 1.69. The van der Waals surface area contributed by atoms with E-state index in [1.165, 1.54) is 6.20 Å². The van der Waals surface area contributed by atoms with E-state index in [4.69, 9.17) is 0 Å². The third-order valence-electron chi connectivity index (χ3n) is 3.46. The molecule has 0 aliphatic heterocycles. The third kappa shape index (κ3) is 2.73. The Morgan fingerprint density at radius 1 is 1.32 bits per heavy atom. The van der Waals surface area contributed by atoms with Gasteiger partial charge in [-0.15, -0.1) is 10.2 Å². The summed E-state index contributed by atoms with van der Waals surface area (Å²) in [6.45, 7) is 2.19. The normalized spacial score (nSPS) is 10.8. The SMILES string of the molecule is Cc1ccccc1CC(=O)NCc1nnc2c(=O)[nH]ccn12. The molecule has 2 N–H and O–H groups in total. The second kappa shape index (κ2) is 5.80. The number of hydrogen-bond acceptors (Lipinski definition) is 4. The van der Waals surface area contributed by atoms with E-state index in [0.717, 1.165) is 11.1 Å². The van der Waals surface area contributed by atoms with Gasteiger partial charge in [0.15, 0.2) is 5.82 Å². The summed E-state index contributed by atoms with van der Waals surface area (Å²) in [5.74, 6) is 0.412. The van der Waals surface area contributed by atoms with Crippen LogP contribution in [0.4, 0.5) is 0 Å². The van der Waals surface area contributed by atoms with Gasteiger partial charge in [0, 0.05) is 12.4 Å². The molecule has 0 bridgehead atoms. The maximum Gasteiger partial charge on any atom is 0.293 e. The van der Waals surface area contributed by atoms with Crippen LogP contribution in [0.1, 0.15) is 17.0 Å². The van der Waals surface area contributed by atoms with Crippen LogP contribution < -0.4 is 10.9 Å². The Labute approximate surface area is 126 Å². The van der Waals surface area contributed by atoms with Crippen LogP contribution >= 0.6 is 0 Å². The van der Waals surface area contributed by atoms with Crippen molar-refractivity contribution < 1.29 is 4.79 Å². The highest BCUT2D eigenvalue weighted by molar-refractivity contribution is 5.78. The molecule has 0 fully saturated rings. The lowest BCUT2D eigenvalue weighted by atomic mass is 10.1. The zero-order valence-electron chi connectivity index (χ0n) is 12.0. The van der Waals surface area contributed by atoms with Gasteiger partial charge in [0.1, 0.15) is 0 Å². The molecule has 112 valence electrons. The van der Waals surface area contributed by atoms with E-state index in [1.807, 2.05) is 31.2 Å². The molecule has 2 aromatic heterocycles. The summed E-state index contributed by atoms with van der Waals surface area (Å²) in [5.41, 5.74) is 1.97. The largest absolute Gasteiger partial charge is 0.348 e. The van der Waals surface area contributed by atoms with Crippen molar-refractivity contribution in [2.75, 3.05) is 0 Å². The lowest BCUT2D eigenvalue weighted by Gasteiger charge is -2.06. The zero-order valence-corrected chi connectivity index (χ0v) is 12.0.